The standard InChI is InChI=1S/C13H13FN2O2/c1-8-5-9(7-10(14)6-8)12-15-13(18-16-12)11-3-2-4-17-11/h5-7,11H,2-4H2,1H3/t11-/m0/s1. The molecule has 0 spiro atoms. The number of benzene rings is 1. The molecule has 1 fully saturated rings. The highest BCUT2D eigenvalue weighted by atomic mass is 19.1. The third-order valence-corrected chi connectivity index (χ3v) is 2.95. The zero-order chi connectivity index (χ0) is 12.5. The molecule has 0 radical (unpaired) electrons. The molecule has 1 aromatic carbocycles. The van der Waals surface area contributed by atoms with Crippen LogP contribution in [-0.4, -0.2) is 16.7 Å². The quantitative estimate of drug-likeness (QED) is 0.819. The molecule has 0 unspecified atom stereocenters. The second-order valence-corrected chi connectivity index (χ2v) is 4.48. The molecule has 3 rings (SSSR count). The van der Waals surface area contributed by atoms with E-state index in [-0.39, 0.29) is 11.9 Å². The second-order valence-electron chi connectivity index (χ2n) is 4.48. The normalized spacial score (nSPS) is 19.3. The molecule has 1 atom stereocenters. The van der Waals surface area contributed by atoms with Crippen LogP contribution in [0.5, 0.6) is 0 Å². The Labute approximate surface area is 104 Å². The van der Waals surface area contributed by atoms with Crippen LogP contribution >= 0.6 is 0 Å². The van der Waals surface area contributed by atoms with Crippen LogP contribution in [0, 0.1) is 12.7 Å². The number of aromatic nitrogens is 2. The SMILES string of the molecule is Cc1cc(F)cc(-c2noc([C@@H]3CCCO3)n2)c1. The van der Waals surface area contributed by atoms with E-state index in [0.717, 1.165) is 25.0 Å². The molecule has 1 aliphatic rings. The van der Waals surface area contributed by atoms with E-state index in [2.05, 4.69) is 10.1 Å². The number of ether oxygens (including phenoxy) is 1. The Hall–Kier alpha value is -1.75. The predicted molar refractivity (Wildman–Crippen MR) is 62.4 cm³/mol. The maximum Gasteiger partial charge on any atom is 0.256 e. The molecule has 1 aliphatic heterocycles. The fourth-order valence-corrected chi connectivity index (χ4v) is 2.12. The number of hydrogen-bond donors (Lipinski definition) is 0. The van der Waals surface area contributed by atoms with Crippen molar-refractivity contribution >= 4 is 0 Å². The zero-order valence-corrected chi connectivity index (χ0v) is 10.0. The molecular weight excluding hydrogens is 235 g/mol. The summed E-state index contributed by atoms with van der Waals surface area (Å²) in [7, 11) is 0. The smallest absolute Gasteiger partial charge is 0.256 e. The van der Waals surface area contributed by atoms with Crippen LogP contribution in [-0.2, 0) is 4.74 Å². The Balaban J connectivity index is 1.92. The molecule has 1 saturated heterocycles. The molecule has 5 heteroatoms. The molecule has 2 heterocycles. The van der Waals surface area contributed by atoms with E-state index in [1.165, 1.54) is 12.1 Å². The van der Waals surface area contributed by atoms with Crippen LogP contribution in [0.25, 0.3) is 11.4 Å². The average molecular weight is 248 g/mol. The monoisotopic (exact) mass is 248 g/mol. The highest BCUT2D eigenvalue weighted by molar-refractivity contribution is 5.55. The van der Waals surface area contributed by atoms with Crippen molar-refractivity contribution in [3.05, 3.63) is 35.5 Å². The molecule has 94 valence electrons. The first-order valence-corrected chi connectivity index (χ1v) is 5.95. The second kappa shape index (κ2) is 4.49. The molecule has 18 heavy (non-hydrogen) atoms. The van der Waals surface area contributed by atoms with E-state index in [9.17, 15) is 4.39 Å². The molecule has 0 bridgehead atoms. The third kappa shape index (κ3) is 2.13. The largest absolute Gasteiger partial charge is 0.368 e. The molecule has 1 aromatic heterocycles. The number of aryl methyl sites for hydroxylation is 1. The number of hydrogen-bond acceptors (Lipinski definition) is 4. The fourth-order valence-electron chi connectivity index (χ4n) is 2.12. The lowest BCUT2D eigenvalue weighted by atomic mass is 10.1. The van der Waals surface area contributed by atoms with Crippen molar-refractivity contribution in [2.24, 2.45) is 0 Å². The fraction of sp³-hybridized carbons (Fsp3) is 0.385. The highest BCUT2D eigenvalue weighted by Gasteiger charge is 2.24. The molecule has 0 N–H and O–H groups in total. The summed E-state index contributed by atoms with van der Waals surface area (Å²) in [6.07, 6.45) is 1.78. The van der Waals surface area contributed by atoms with Crippen molar-refractivity contribution in [2.75, 3.05) is 6.61 Å². The van der Waals surface area contributed by atoms with Gasteiger partial charge in [0.25, 0.3) is 5.89 Å². The minimum absolute atomic E-state index is 0.110. The first-order valence-electron chi connectivity index (χ1n) is 5.95. The molecule has 4 nitrogen and oxygen atoms in total. The molecular formula is C13H13FN2O2. The number of halogens is 1. The summed E-state index contributed by atoms with van der Waals surface area (Å²) in [6, 6.07) is 4.69. The Kier molecular flexibility index (Phi) is 2.83. The Morgan fingerprint density at radius 3 is 2.94 bits per heavy atom. The summed E-state index contributed by atoms with van der Waals surface area (Å²) in [6.45, 7) is 2.55. The van der Waals surface area contributed by atoms with E-state index in [1.54, 1.807) is 0 Å². The van der Waals surface area contributed by atoms with Crippen molar-refractivity contribution in [2.45, 2.75) is 25.9 Å². The minimum Gasteiger partial charge on any atom is -0.368 e. The van der Waals surface area contributed by atoms with Gasteiger partial charge in [-0.1, -0.05) is 5.16 Å². The molecule has 0 amide bonds. The van der Waals surface area contributed by atoms with Gasteiger partial charge in [-0.05, 0) is 43.5 Å². The number of rotatable bonds is 2. The van der Waals surface area contributed by atoms with Gasteiger partial charge in [0.15, 0.2) is 0 Å². The lowest BCUT2D eigenvalue weighted by Crippen LogP contribution is -1.95. The van der Waals surface area contributed by atoms with Gasteiger partial charge in [0, 0.05) is 12.2 Å². The van der Waals surface area contributed by atoms with E-state index < -0.39 is 0 Å². The van der Waals surface area contributed by atoms with Crippen LogP contribution in [0.4, 0.5) is 4.39 Å². The zero-order valence-electron chi connectivity index (χ0n) is 10.0. The summed E-state index contributed by atoms with van der Waals surface area (Å²) in [5, 5.41) is 3.88. The first kappa shape index (κ1) is 11.3. The summed E-state index contributed by atoms with van der Waals surface area (Å²) >= 11 is 0. The van der Waals surface area contributed by atoms with E-state index in [0.29, 0.717) is 17.3 Å². The Bertz CT molecular complexity index is 542. The Morgan fingerprint density at radius 1 is 1.33 bits per heavy atom. The summed E-state index contributed by atoms with van der Waals surface area (Å²) in [5.41, 5.74) is 1.45. The maximum atomic E-state index is 13.3. The van der Waals surface area contributed by atoms with Gasteiger partial charge in [0.2, 0.25) is 5.82 Å². The topological polar surface area (TPSA) is 48.2 Å². The van der Waals surface area contributed by atoms with Gasteiger partial charge < -0.3 is 9.26 Å². The lowest BCUT2D eigenvalue weighted by Gasteiger charge is -2.00. The third-order valence-electron chi connectivity index (χ3n) is 2.95. The summed E-state index contributed by atoms with van der Waals surface area (Å²) < 4.78 is 23.9. The molecule has 0 aliphatic carbocycles. The Morgan fingerprint density at radius 2 is 2.22 bits per heavy atom. The van der Waals surface area contributed by atoms with Gasteiger partial charge in [0.05, 0.1) is 0 Å². The predicted octanol–water partition coefficient (Wildman–Crippen LogP) is 3.04. The van der Waals surface area contributed by atoms with Crippen molar-refractivity contribution < 1.29 is 13.7 Å². The van der Waals surface area contributed by atoms with Gasteiger partial charge in [-0.25, -0.2) is 4.39 Å². The van der Waals surface area contributed by atoms with Gasteiger partial charge in [-0.2, -0.15) is 4.98 Å². The number of nitrogens with zero attached hydrogens (tertiary/aromatic N) is 2. The van der Waals surface area contributed by atoms with Crippen LogP contribution < -0.4 is 0 Å². The van der Waals surface area contributed by atoms with Crippen LogP contribution in [0.15, 0.2) is 22.7 Å². The summed E-state index contributed by atoms with van der Waals surface area (Å²) in [4.78, 5) is 4.28. The minimum atomic E-state index is -0.298. The first-order chi connectivity index (χ1) is 8.72. The van der Waals surface area contributed by atoms with Gasteiger partial charge in [-0.15, -0.1) is 0 Å². The van der Waals surface area contributed by atoms with Crippen molar-refractivity contribution in [3.8, 4) is 11.4 Å². The highest BCUT2D eigenvalue weighted by Crippen LogP contribution is 2.29. The molecule has 2 aromatic rings. The van der Waals surface area contributed by atoms with Gasteiger partial charge in [-0.3, -0.25) is 0 Å². The van der Waals surface area contributed by atoms with Crippen LogP contribution in [0.3, 0.4) is 0 Å². The van der Waals surface area contributed by atoms with Crippen molar-refractivity contribution in [3.63, 3.8) is 0 Å². The van der Waals surface area contributed by atoms with Crippen LogP contribution in [0.1, 0.15) is 30.4 Å². The van der Waals surface area contributed by atoms with E-state index >= 15 is 0 Å². The van der Waals surface area contributed by atoms with E-state index in [1.807, 2.05) is 13.0 Å². The van der Waals surface area contributed by atoms with Gasteiger partial charge >= 0.3 is 0 Å². The van der Waals surface area contributed by atoms with Crippen molar-refractivity contribution in [1.82, 2.24) is 10.1 Å². The van der Waals surface area contributed by atoms with Crippen molar-refractivity contribution in [1.29, 1.82) is 0 Å². The van der Waals surface area contributed by atoms with E-state index in [4.69, 9.17) is 9.26 Å². The summed E-state index contributed by atoms with van der Waals surface area (Å²) in [5.74, 6) is 0.584. The average Bonchev–Trinajstić information content (AvgIpc) is 2.99. The molecule has 0 saturated carbocycles. The lowest BCUT2D eigenvalue weighted by molar-refractivity contribution is 0.0835. The van der Waals surface area contributed by atoms with Crippen LogP contribution in [0.2, 0.25) is 0 Å². The maximum absolute atomic E-state index is 13.3. The van der Waals surface area contributed by atoms with Gasteiger partial charge in [0.1, 0.15) is 11.9 Å².